The number of methoxy groups -OCH3 is 1. The van der Waals surface area contributed by atoms with E-state index in [0.717, 1.165) is 0 Å². The first-order valence-corrected chi connectivity index (χ1v) is 5.66. The van der Waals surface area contributed by atoms with Crippen molar-refractivity contribution in [1.82, 2.24) is 0 Å². The summed E-state index contributed by atoms with van der Waals surface area (Å²) in [5.41, 5.74) is 0.207. The van der Waals surface area contributed by atoms with E-state index in [-0.39, 0.29) is 22.9 Å². The molecule has 1 aromatic rings. The molecule has 88 valence electrons. The van der Waals surface area contributed by atoms with Crippen LogP contribution in [0, 0.1) is 0 Å². The van der Waals surface area contributed by atoms with Gasteiger partial charge in [0, 0.05) is 0 Å². The van der Waals surface area contributed by atoms with Crippen LogP contribution >= 0.6 is 34.8 Å². The second-order valence-electron chi connectivity index (χ2n) is 2.77. The summed E-state index contributed by atoms with van der Waals surface area (Å²) in [6.07, 6.45) is 0. The molecule has 0 aromatic heterocycles. The van der Waals surface area contributed by atoms with Crippen LogP contribution in [0.5, 0.6) is 5.75 Å². The second kappa shape index (κ2) is 6.18. The molecule has 0 unspecified atom stereocenters. The summed E-state index contributed by atoms with van der Waals surface area (Å²) in [7, 11) is 1.27. The van der Waals surface area contributed by atoms with E-state index >= 15 is 0 Å². The Balaban J connectivity index is 3.11. The van der Waals surface area contributed by atoms with Crippen LogP contribution in [0.15, 0.2) is 12.1 Å². The summed E-state index contributed by atoms with van der Waals surface area (Å²) in [6, 6.07) is 2.99. The standard InChI is InChI=1S/C10H9Cl3O3/c1-15-10(14)6-2-3-7(12)9(8(6)13)16-5-4-11/h2-3H,4-5H2,1H3. The molecular formula is C10H9Cl3O3. The van der Waals surface area contributed by atoms with Crippen molar-refractivity contribution >= 4 is 40.8 Å². The number of alkyl halides is 1. The van der Waals surface area contributed by atoms with Crippen LogP contribution in [0.4, 0.5) is 0 Å². The molecule has 0 heterocycles. The molecule has 0 saturated carbocycles. The Hall–Kier alpha value is -0.640. The van der Waals surface area contributed by atoms with Gasteiger partial charge in [-0.1, -0.05) is 23.2 Å². The van der Waals surface area contributed by atoms with Crippen molar-refractivity contribution in [3.05, 3.63) is 27.7 Å². The van der Waals surface area contributed by atoms with Crippen LogP contribution < -0.4 is 4.74 Å². The lowest BCUT2D eigenvalue weighted by atomic mass is 10.2. The Bertz CT molecular complexity index is 393. The number of ether oxygens (including phenoxy) is 2. The topological polar surface area (TPSA) is 35.5 Å². The van der Waals surface area contributed by atoms with Gasteiger partial charge < -0.3 is 9.47 Å². The average molecular weight is 284 g/mol. The molecule has 0 spiro atoms. The molecule has 1 aromatic carbocycles. The first-order chi connectivity index (χ1) is 7.61. The minimum Gasteiger partial charge on any atom is -0.489 e. The van der Waals surface area contributed by atoms with E-state index in [4.69, 9.17) is 39.5 Å². The van der Waals surface area contributed by atoms with E-state index in [0.29, 0.717) is 10.9 Å². The van der Waals surface area contributed by atoms with Crippen molar-refractivity contribution in [3.8, 4) is 5.75 Å². The molecule has 0 radical (unpaired) electrons. The number of carbonyl (C=O) groups excluding carboxylic acids is 1. The summed E-state index contributed by atoms with van der Waals surface area (Å²) >= 11 is 17.3. The van der Waals surface area contributed by atoms with Crippen molar-refractivity contribution in [2.24, 2.45) is 0 Å². The molecular weight excluding hydrogens is 274 g/mol. The van der Waals surface area contributed by atoms with Crippen molar-refractivity contribution in [3.63, 3.8) is 0 Å². The largest absolute Gasteiger partial charge is 0.489 e. The molecule has 0 saturated heterocycles. The third-order valence-electron chi connectivity index (χ3n) is 1.78. The van der Waals surface area contributed by atoms with Crippen LogP contribution in [-0.2, 0) is 4.74 Å². The lowest BCUT2D eigenvalue weighted by Gasteiger charge is -2.11. The van der Waals surface area contributed by atoms with Gasteiger partial charge in [0.25, 0.3) is 0 Å². The van der Waals surface area contributed by atoms with Gasteiger partial charge in [-0.2, -0.15) is 0 Å². The summed E-state index contributed by atoms with van der Waals surface area (Å²) in [6.45, 7) is 0.256. The number of hydrogen-bond acceptors (Lipinski definition) is 3. The second-order valence-corrected chi connectivity index (χ2v) is 3.93. The SMILES string of the molecule is COC(=O)c1ccc(Cl)c(OCCCl)c1Cl. The number of halogens is 3. The van der Waals surface area contributed by atoms with E-state index < -0.39 is 5.97 Å². The predicted octanol–water partition coefficient (Wildman–Crippen LogP) is 3.40. The molecule has 0 amide bonds. The number of esters is 1. The molecule has 0 aliphatic carbocycles. The quantitative estimate of drug-likeness (QED) is 0.627. The Labute approximate surface area is 108 Å². The molecule has 0 aliphatic rings. The predicted molar refractivity (Wildman–Crippen MR) is 64.0 cm³/mol. The third kappa shape index (κ3) is 2.94. The first kappa shape index (κ1) is 13.4. The Morgan fingerprint density at radius 3 is 2.62 bits per heavy atom. The van der Waals surface area contributed by atoms with Gasteiger partial charge in [-0.25, -0.2) is 4.79 Å². The van der Waals surface area contributed by atoms with E-state index in [1.54, 1.807) is 0 Å². The van der Waals surface area contributed by atoms with Crippen LogP contribution in [0.2, 0.25) is 10.0 Å². The zero-order chi connectivity index (χ0) is 12.1. The van der Waals surface area contributed by atoms with Gasteiger partial charge in [-0.05, 0) is 12.1 Å². The van der Waals surface area contributed by atoms with Crippen LogP contribution in [0.25, 0.3) is 0 Å². The normalized spacial score (nSPS) is 10.0. The molecule has 16 heavy (non-hydrogen) atoms. The fraction of sp³-hybridized carbons (Fsp3) is 0.300. The molecule has 0 N–H and O–H groups in total. The minimum absolute atomic E-state index is 0.129. The highest BCUT2D eigenvalue weighted by Crippen LogP contribution is 2.35. The summed E-state index contributed by atoms with van der Waals surface area (Å²) in [5.74, 6) is -0.000895. The highest BCUT2D eigenvalue weighted by molar-refractivity contribution is 6.39. The minimum atomic E-state index is -0.544. The highest BCUT2D eigenvalue weighted by Gasteiger charge is 2.17. The molecule has 3 nitrogen and oxygen atoms in total. The van der Waals surface area contributed by atoms with Gasteiger partial charge in [0.2, 0.25) is 0 Å². The molecule has 1 rings (SSSR count). The maximum Gasteiger partial charge on any atom is 0.339 e. The lowest BCUT2D eigenvalue weighted by Crippen LogP contribution is -2.05. The van der Waals surface area contributed by atoms with Crippen molar-refractivity contribution in [2.45, 2.75) is 0 Å². The van der Waals surface area contributed by atoms with Gasteiger partial charge in [0.05, 0.1) is 28.6 Å². The zero-order valence-corrected chi connectivity index (χ0v) is 10.7. The molecule has 0 bridgehead atoms. The first-order valence-electron chi connectivity index (χ1n) is 4.37. The van der Waals surface area contributed by atoms with E-state index in [2.05, 4.69) is 4.74 Å². The number of benzene rings is 1. The van der Waals surface area contributed by atoms with Gasteiger partial charge >= 0.3 is 5.97 Å². The fourth-order valence-electron chi connectivity index (χ4n) is 1.07. The van der Waals surface area contributed by atoms with Crippen LogP contribution in [0.3, 0.4) is 0 Å². The molecule has 0 atom stereocenters. The Kier molecular flexibility index (Phi) is 5.19. The number of carbonyl (C=O) groups is 1. The van der Waals surface area contributed by atoms with Crippen molar-refractivity contribution < 1.29 is 14.3 Å². The summed E-state index contributed by atoms with van der Waals surface area (Å²) in [4.78, 5) is 11.3. The Morgan fingerprint density at radius 2 is 2.06 bits per heavy atom. The average Bonchev–Trinajstić information content (AvgIpc) is 2.28. The number of hydrogen-bond donors (Lipinski definition) is 0. The van der Waals surface area contributed by atoms with E-state index in [1.807, 2.05) is 0 Å². The van der Waals surface area contributed by atoms with Crippen molar-refractivity contribution in [1.29, 1.82) is 0 Å². The summed E-state index contributed by atoms with van der Waals surface area (Å²) < 4.78 is 9.82. The maximum absolute atomic E-state index is 11.3. The zero-order valence-electron chi connectivity index (χ0n) is 8.43. The monoisotopic (exact) mass is 282 g/mol. The van der Waals surface area contributed by atoms with E-state index in [9.17, 15) is 4.79 Å². The van der Waals surface area contributed by atoms with Gasteiger partial charge in [0.1, 0.15) is 6.61 Å². The smallest absolute Gasteiger partial charge is 0.339 e. The maximum atomic E-state index is 11.3. The van der Waals surface area contributed by atoms with Gasteiger partial charge in [0.15, 0.2) is 5.75 Å². The van der Waals surface area contributed by atoms with Crippen LogP contribution in [-0.4, -0.2) is 25.6 Å². The third-order valence-corrected chi connectivity index (χ3v) is 2.61. The van der Waals surface area contributed by atoms with Gasteiger partial charge in [-0.3, -0.25) is 0 Å². The van der Waals surface area contributed by atoms with Crippen molar-refractivity contribution in [2.75, 3.05) is 19.6 Å². The van der Waals surface area contributed by atoms with E-state index in [1.165, 1.54) is 19.2 Å². The lowest BCUT2D eigenvalue weighted by molar-refractivity contribution is 0.0600. The fourth-order valence-corrected chi connectivity index (χ4v) is 1.71. The summed E-state index contributed by atoms with van der Waals surface area (Å²) in [5, 5.41) is 0.451. The number of rotatable bonds is 4. The molecule has 0 fully saturated rings. The Morgan fingerprint density at radius 1 is 1.38 bits per heavy atom. The molecule has 0 aliphatic heterocycles. The molecule has 6 heteroatoms. The van der Waals surface area contributed by atoms with Gasteiger partial charge in [-0.15, -0.1) is 11.6 Å². The highest BCUT2D eigenvalue weighted by atomic mass is 35.5. The van der Waals surface area contributed by atoms with Crippen LogP contribution in [0.1, 0.15) is 10.4 Å².